The molecule has 1 saturated heterocycles. The summed E-state index contributed by atoms with van der Waals surface area (Å²) >= 11 is 0. The SMILES string of the molecule is CC(=O)OC[C@H]1O[C@H](CCC(=O)Nc2ccccc2)C[C@@H](OC(C)=O)[C@@H]1OC(C)=O. The minimum atomic E-state index is -0.917. The van der Waals surface area contributed by atoms with Gasteiger partial charge >= 0.3 is 17.9 Å². The van der Waals surface area contributed by atoms with Crippen LogP contribution >= 0.6 is 0 Å². The van der Waals surface area contributed by atoms with Crippen molar-refractivity contribution in [1.82, 2.24) is 0 Å². The topological polar surface area (TPSA) is 117 Å². The Labute approximate surface area is 175 Å². The molecule has 1 aromatic carbocycles. The molecule has 1 fully saturated rings. The second-order valence-corrected chi connectivity index (χ2v) is 7.01. The minimum absolute atomic E-state index is 0.169. The predicted molar refractivity (Wildman–Crippen MR) is 105 cm³/mol. The van der Waals surface area contributed by atoms with Crippen LogP contribution in [-0.4, -0.2) is 54.8 Å². The fourth-order valence-corrected chi connectivity index (χ4v) is 3.24. The van der Waals surface area contributed by atoms with E-state index >= 15 is 0 Å². The van der Waals surface area contributed by atoms with Gasteiger partial charge in [-0.05, 0) is 18.6 Å². The standard InChI is InChI=1S/C21H27NO8/c1-13(23)27-12-19-21(29-15(3)25)18(28-14(2)24)11-17(30-19)9-10-20(26)22-16-7-5-4-6-8-16/h4-8,17-19,21H,9-12H2,1-3H3,(H,22,26)/t17-,18-,19-,21+/m1/s1. The van der Waals surface area contributed by atoms with E-state index in [0.29, 0.717) is 12.1 Å². The molecule has 1 N–H and O–H groups in total. The fourth-order valence-electron chi connectivity index (χ4n) is 3.24. The van der Waals surface area contributed by atoms with Crippen molar-refractivity contribution >= 4 is 29.5 Å². The van der Waals surface area contributed by atoms with Gasteiger partial charge in [-0.25, -0.2) is 0 Å². The Morgan fingerprint density at radius 1 is 1.00 bits per heavy atom. The molecular formula is C21H27NO8. The van der Waals surface area contributed by atoms with Crippen molar-refractivity contribution in [2.45, 2.75) is 64.4 Å². The first-order valence-electron chi connectivity index (χ1n) is 9.72. The van der Waals surface area contributed by atoms with E-state index in [2.05, 4.69) is 5.32 Å². The van der Waals surface area contributed by atoms with Crippen LogP contribution in [0.15, 0.2) is 30.3 Å². The number of esters is 3. The van der Waals surface area contributed by atoms with Crippen LogP contribution in [0.5, 0.6) is 0 Å². The van der Waals surface area contributed by atoms with Gasteiger partial charge in [0, 0.05) is 39.3 Å². The molecule has 1 amide bonds. The van der Waals surface area contributed by atoms with E-state index in [4.69, 9.17) is 18.9 Å². The summed E-state index contributed by atoms with van der Waals surface area (Å²) in [5, 5.41) is 2.79. The summed E-state index contributed by atoms with van der Waals surface area (Å²) in [4.78, 5) is 46.5. The van der Waals surface area contributed by atoms with Gasteiger partial charge in [-0.2, -0.15) is 0 Å². The van der Waals surface area contributed by atoms with E-state index in [1.807, 2.05) is 18.2 Å². The first-order chi connectivity index (χ1) is 14.2. The third-order valence-corrected chi connectivity index (χ3v) is 4.42. The van der Waals surface area contributed by atoms with Crippen molar-refractivity contribution in [2.24, 2.45) is 0 Å². The van der Waals surface area contributed by atoms with Crippen molar-refractivity contribution in [2.75, 3.05) is 11.9 Å². The van der Waals surface area contributed by atoms with Gasteiger partial charge in [0.25, 0.3) is 0 Å². The molecule has 0 spiro atoms. The first kappa shape index (κ1) is 23.3. The van der Waals surface area contributed by atoms with Crippen LogP contribution < -0.4 is 5.32 Å². The number of hydrogen-bond donors (Lipinski definition) is 1. The van der Waals surface area contributed by atoms with Crippen LogP contribution in [-0.2, 0) is 38.1 Å². The van der Waals surface area contributed by atoms with Crippen molar-refractivity contribution in [3.8, 4) is 0 Å². The summed E-state index contributed by atoms with van der Waals surface area (Å²) in [5.74, 6) is -1.82. The molecule has 1 heterocycles. The monoisotopic (exact) mass is 421 g/mol. The van der Waals surface area contributed by atoms with Gasteiger partial charge < -0.3 is 24.3 Å². The highest BCUT2D eigenvalue weighted by molar-refractivity contribution is 5.90. The molecular weight excluding hydrogens is 394 g/mol. The van der Waals surface area contributed by atoms with Gasteiger partial charge in [0.15, 0.2) is 6.10 Å². The normalized spacial score (nSPS) is 23.2. The lowest BCUT2D eigenvalue weighted by molar-refractivity contribution is -0.215. The number of amides is 1. The number of rotatable bonds is 8. The summed E-state index contributed by atoms with van der Waals surface area (Å²) in [6, 6.07) is 9.05. The molecule has 30 heavy (non-hydrogen) atoms. The van der Waals surface area contributed by atoms with E-state index in [0.717, 1.165) is 0 Å². The fraction of sp³-hybridized carbons (Fsp3) is 0.524. The second-order valence-electron chi connectivity index (χ2n) is 7.01. The maximum atomic E-state index is 12.2. The van der Waals surface area contributed by atoms with Crippen molar-refractivity contribution in [3.63, 3.8) is 0 Å². The van der Waals surface area contributed by atoms with E-state index in [-0.39, 0.29) is 25.4 Å². The van der Waals surface area contributed by atoms with Gasteiger partial charge in [-0.3, -0.25) is 19.2 Å². The van der Waals surface area contributed by atoms with E-state index < -0.39 is 42.3 Å². The lowest BCUT2D eigenvalue weighted by atomic mass is 9.95. The molecule has 1 aliphatic heterocycles. The zero-order chi connectivity index (χ0) is 22.1. The Balaban J connectivity index is 2.03. The Morgan fingerprint density at radius 3 is 2.27 bits per heavy atom. The summed E-state index contributed by atoms with van der Waals surface area (Å²) in [7, 11) is 0. The zero-order valence-electron chi connectivity index (χ0n) is 17.3. The maximum absolute atomic E-state index is 12.2. The van der Waals surface area contributed by atoms with Crippen LogP contribution in [0, 0.1) is 0 Å². The molecule has 0 radical (unpaired) electrons. The van der Waals surface area contributed by atoms with E-state index in [9.17, 15) is 19.2 Å². The first-order valence-corrected chi connectivity index (χ1v) is 9.72. The van der Waals surface area contributed by atoms with Gasteiger partial charge in [0.05, 0.1) is 6.10 Å². The molecule has 0 aromatic heterocycles. The highest BCUT2D eigenvalue weighted by Crippen LogP contribution is 2.28. The van der Waals surface area contributed by atoms with Gasteiger partial charge in [0.2, 0.25) is 5.91 Å². The number of hydrogen-bond acceptors (Lipinski definition) is 8. The lowest BCUT2D eigenvalue weighted by Crippen LogP contribution is -2.53. The Kier molecular flexibility index (Phi) is 8.79. The number of nitrogens with one attached hydrogen (secondary N) is 1. The van der Waals surface area contributed by atoms with E-state index in [1.165, 1.54) is 20.8 Å². The molecule has 0 saturated carbocycles. The summed E-state index contributed by atoms with van der Waals surface area (Å²) in [5.41, 5.74) is 0.688. The van der Waals surface area contributed by atoms with Crippen molar-refractivity contribution in [3.05, 3.63) is 30.3 Å². The quantitative estimate of drug-likeness (QED) is 0.500. The molecule has 4 atom stereocenters. The van der Waals surface area contributed by atoms with Gasteiger partial charge in [-0.1, -0.05) is 18.2 Å². The number of ether oxygens (including phenoxy) is 4. The number of carbonyl (C=O) groups excluding carboxylic acids is 4. The molecule has 1 aliphatic rings. The van der Waals surface area contributed by atoms with Gasteiger partial charge in [-0.15, -0.1) is 0 Å². The van der Waals surface area contributed by atoms with Crippen LogP contribution in [0.2, 0.25) is 0 Å². The summed E-state index contributed by atoms with van der Waals surface area (Å²) < 4.78 is 21.6. The maximum Gasteiger partial charge on any atom is 0.303 e. The molecule has 9 nitrogen and oxygen atoms in total. The molecule has 164 valence electrons. The molecule has 0 unspecified atom stereocenters. The number of benzene rings is 1. The van der Waals surface area contributed by atoms with Crippen LogP contribution in [0.25, 0.3) is 0 Å². The lowest BCUT2D eigenvalue weighted by Gasteiger charge is -2.40. The van der Waals surface area contributed by atoms with E-state index in [1.54, 1.807) is 12.1 Å². The van der Waals surface area contributed by atoms with Crippen molar-refractivity contribution in [1.29, 1.82) is 0 Å². The Hall–Kier alpha value is -2.94. The van der Waals surface area contributed by atoms with Crippen LogP contribution in [0.4, 0.5) is 5.69 Å². The third-order valence-electron chi connectivity index (χ3n) is 4.42. The van der Waals surface area contributed by atoms with Gasteiger partial charge in [0.1, 0.15) is 18.8 Å². The highest BCUT2D eigenvalue weighted by Gasteiger charge is 2.43. The minimum Gasteiger partial charge on any atom is -0.463 e. The average molecular weight is 421 g/mol. The Bertz CT molecular complexity index is 751. The highest BCUT2D eigenvalue weighted by atomic mass is 16.6. The third kappa shape index (κ3) is 7.82. The molecule has 1 aromatic rings. The smallest absolute Gasteiger partial charge is 0.303 e. The van der Waals surface area contributed by atoms with Crippen molar-refractivity contribution < 1.29 is 38.1 Å². The summed E-state index contributed by atoms with van der Waals surface area (Å²) in [6.45, 7) is 3.56. The Morgan fingerprint density at radius 2 is 1.67 bits per heavy atom. The number of anilines is 1. The predicted octanol–water partition coefficient (Wildman–Crippen LogP) is 1.99. The van der Waals surface area contributed by atoms with Crippen LogP contribution in [0.3, 0.4) is 0 Å². The largest absolute Gasteiger partial charge is 0.463 e. The zero-order valence-corrected chi connectivity index (χ0v) is 17.3. The molecule has 2 rings (SSSR count). The van der Waals surface area contributed by atoms with Crippen LogP contribution in [0.1, 0.15) is 40.0 Å². The average Bonchev–Trinajstić information content (AvgIpc) is 2.66. The second kappa shape index (κ2) is 11.3. The number of carbonyl (C=O) groups is 4. The summed E-state index contributed by atoms with van der Waals surface area (Å²) in [6.07, 6.45) is -2.21. The molecule has 0 bridgehead atoms. The molecule has 9 heteroatoms. The molecule has 0 aliphatic carbocycles. The number of para-hydroxylation sites is 1.